The first kappa shape index (κ1) is 16.9. The lowest BCUT2D eigenvalue weighted by molar-refractivity contribution is 0.0744. The molecule has 27 heavy (non-hydrogen) atoms. The van der Waals surface area contributed by atoms with Crippen LogP contribution in [-0.2, 0) is 7.05 Å². The summed E-state index contributed by atoms with van der Waals surface area (Å²) in [4.78, 5) is 32.4. The molecule has 3 aromatic rings. The van der Waals surface area contributed by atoms with Gasteiger partial charge in [-0.2, -0.15) is 5.10 Å². The van der Waals surface area contributed by atoms with Gasteiger partial charge in [-0.3, -0.25) is 9.59 Å². The van der Waals surface area contributed by atoms with E-state index in [2.05, 4.69) is 25.2 Å². The molecule has 10 heteroatoms. The number of hydrogen-bond donors (Lipinski definition) is 0. The number of carbonyl (C=O) groups excluding carboxylic acids is 1. The van der Waals surface area contributed by atoms with E-state index in [0.717, 1.165) is 5.82 Å². The Kier molecular flexibility index (Phi) is 4.37. The maximum Gasteiger partial charge on any atom is 0.263 e. The van der Waals surface area contributed by atoms with Gasteiger partial charge in [-0.15, -0.1) is 10.2 Å². The first-order valence-electron chi connectivity index (χ1n) is 8.52. The summed E-state index contributed by atoms with van der Waals surface area (Å²) in [7, 11) is 1.64. The van der Waals surface area contributed by atoms with Gasteiger partial charge in [0.15, 0.2) is 11.6 Å². The van der Waals surface area contributed by atoms with E-state index >= 15 is 0 Å². The summed E-state index contributed by atoms with van der Waals surface area (Å²) in [6.07, 6.45) is 4.63. The van der Waals surface area contributed by atoms with Crippen molar-refractivity contribution in [1.29, 1.82) is 0 Å². The molecular weight excluding hydrogens is 348 g/mol. The summed E-state index contributed by atoms with van der Waals surface area (Å²) < 4.78 is 2.95. The van der Waals surface area contributed by atoms with Crippen molar-refractivity contribution in [3.8, 4) is 5.82 Å². The number of aromatic nitrogens is 6. The Balaban J connectivity index is 1.42. The van der Waals surface area contributed by atoms with Crippen LogP contribution in [0.4, 0.5) is 5.82 Å². The lowest BCUT2D eigenvalue weighted by Crippen LogP contribution is -2.50. The second kappa shape index (κ2) is 6.98. The van der Waals surface area contributed by atoms with E-state index in [1.807, 2.05) is 12.1 Å². The second-order valence-corrected chi connectivity index (χ2v) is 6.21. The molecule has 1 amide bonds. The fraction of sp³-hybridized carbons (Fsp3) is 0.294. The van der Waals surface area contributed by atoms with Crippen molar-refractivity contribution in [2.75, 3.05) is 31.1 Å². The molecule has 1 saturated heterocycles. The van der Waals surface area contributed by atoms with Crippen molar-refractivity contribution in [1.82, 2.24) is 34.4 Å². The third-order valence-corrected chi connectivity index (χ3v) is 4.53. The molecule has 1 aliphatic heterocycles. The Morgan fingerprint density at radius 2 is 1.78 bits per heavy atom. The first-order chi connectivity index (χ1) is 13.1. The lowest BCUT2D eigenvalue weighted by Gasteiger charge is -2.35. The molecule has 4 rings (SSSR count). The van der Waals surface area contributed by atoms with Crippen LogP contribution >= 0.6 is 0 Å². The van der Waals surface area contributed by atoms with Gasteiger partial charge in [-0.05, 0) is 24.3 Å². The van der Waals surface area contributed by atoms with Crippen LogP contribution < -0.4 is 10.5 Å². The van der Waals surface area contributed by atoms with Gasteiger partial charge in [-0.1, -0.05) is 0 Å². The zero-order valence-electron chi connectivity index (χ0n) is 14.8. The fourth-order valence-electron chi connectivity index (χ4n) is 3.00. The molecule has 3 aromatic heterocycles. The van der Waals surface area contributed by atoms with Crippen LogP contribution in [-0.4, -0.2) is 66.5 Å². The van der Waals surface area contributed by atoms with Crippen molar-refractivity contribution in [2.24, 2.45) is 7.05 Å². The third kappa shape index (κ3) is 3.28. The zero-order valence-corrected chi connectivity index (χ0v) is 14.8. The van der Waals surface area contributed by atoms with Gasteiger partial charge < -0.3 is 14.4 Å². The minimum Gasteiger partial charge on any atom is -0.352 e. The second-order valence-electron chi connectivity index (χ2n) is 6.21. The summed E-state index contributed by atoms with van der Waals surface area (Å²) >= 11 is 0. The largest absolute Gasteiger partial charge is 0.352 e. The van der Waals surface area contributed by atoms with Gasteiger partial charge >= 0.3 is 0 Å². The van der Waals surface area contributed by atoms with Gasteiger partial charge in [0.1, 0.15) is 18.2 Å². The molecule has 0 N–H and O–H groups in total. The van der Waals surface area contributed by atoms with Crippen molar-refractivity contribution in [2.45, 2.75) is 0 Å². The number of piperazine rings is 1. The average Bonchev–Trinajstić information content (AvgIpc) is 3.25. The van der Waals surface area contributed by atoms with Gasteiger partial charge in [0, 0.05) is 39.4 Å². The Morgan fingerprint density at radius 1 is 1.04 bits per heavy atom. The van der Waals surface area contributed by atoms with Gasteiger partial charge in [0.25, 0.3) is 11.5 Å². The smallest absolute Gasteiger partial charge is 0.263 e. The number of pyridine rings is 1. The number of rotatable bonds is 3. The predicted molar refractivity (Wildman–Crippen MR) is 96.7 cm³/mol. The zero-order chi connectivity index (χ0) is 18.8. The van der Waals surface area contributed by atoms with Crippen LogP contribution in [0.3, 0.4) is 0 Å². The summed E-state index contributed by atoms with van der Waals surface area (Å²) in [5, 5.41) is 12.4. The van der Waals surface area contributed by atoms with Crippen molar-refractivity contribution in [3.05, 3.63) is 59.0 Å². The molecule has 138 valence electrons. The predicted octanol–water partition coefficient (Wildman–Crippen LogP) is -0.282. The molecule has 0 aliphatic carbocycles. The van der Waals surface area contributed by atoms with Crippen LogP contribution in [0.25, 0.3) is 5.82 Å². The Morgan fingerprint density at radius 3 is 2.44 bits per heavy atom. The van der Waals surface area contributed by atoms with Crippen molar-refractivity contribution in [3.63, 3.8) is 0 Å². The third-order valence-electron chi connectivity index (χ3n) is 4.53. The molecule has 4 heterocycles. The molecule has 0 saturated carbocycles. The molecular formula is C17H18N8O2. The molecule has 0 unspecified atom stereocenters. The van der Waals surface area contributed by atoms with Gasteiger partial charge in [0.05, 0.1) is 0 Å². The number of amides is 1. The quantitative estimate of drug-likeness (QED) is 0.628. The number of hydrogen-bond acceptors (Lipinski definition) is 7. The summed E-state index contributed by atoms with van der Waals surface area (Å²) in [6.45, 7) is 2.28. The van der Waals surface area contributed by atoms with Gasteiger partial charge in [0.2, 0.25) is 0 Å². The Labute approximate surface area is 154 Å². The van der Waals surface area contributed by atoms with E-state index in [9.17, 15) is 9.59 Å². The average molecular weight is 366 g/mol. The van der Waals surface area contributed by atoms with Crippen molar-refractivity contribution >= 4 is 11.7 Å². The topological polar surface area (TPSA) is 102 Å². The molecule has 0 radical (unpaired) electrons. The normalized spacial score (nSPS) is 14.4. The number of carbonyl (C=O) groups is 1. The highest BCUT2D eigenvalue weighted by atomic mass is 16.2. The van der Waals surface area contributed by atoms with Crippen LogP contribution in [0, 0.1) is 0 Å². The highest BCUT2D eigenvalue weighted by molar-refractivity contribution is 5.94. The van der Waals surface area contributed by atoms with Crippen LogP contribution in [0.2, 0.25) is 0 Å². The lowest BCUT2D eigenvalue weighted by atomic mass is 10.2. The maximum atomic E-state index is 12.6. The molecule has 10 nitrogen and oxygen atoms in total. The number of nitrogens with zero attached hydrogens (tertiary/aromatic N) is 8. The van der Waals surface area contributed by atoms with E-state index in [0.29, 0.717) is 32.0 Å². The fourth-order valence-corrected chi connectivity index (χ4v) is 3.00. The molecule has 0 bridgehead atoms. The summed E-state index contributed by atoms with van der Waals surface area (Å²) in [6, 6.07) is 6.97. The molecule has 0 spiro atoms. The Bertz CT molecular complexity index is 989. The number of aryl methyl sites for hydroxylation is 1. The van der Waals surface area contributed by atoms with Crippen LogP contribution in [0.5, 0.6) is 0 Å². The van der Waals surface area contributed by atoms with Crippen LogP contribution in [0.1, 0.15) is 10.4 Å². The first-order valence-corrected chi connectivity index (χ1v) is 8.52. The van der Waals surface area contributed by atoms with E-state index in [1.165, 1.54) is 15.6 Å². The van der Waals surface area contributed by atoms with E-state index in [-0.39, 0.29) is 17.0 Å². The maximum absolute atomic E-state index is 12.6. The molecule has 1 aliphatic rings. The summed E-state index contributed by atoms with van der Waals surface area (Å²) in [5.41, 5.74) is -0.0788. The highest BCUT2D eigenvalue weighted by Crippen LogP contribution is 2.14. The van der Waals surface area contributed by atoms with Gasteiger partial charge in [-0.25, -0.2) is 9.67 Å². The van der Waals surface area contributed by atoms with Crippen LogP contribution in [0.15, 0.2) is 47.9 Å². The standard InChI is InChI=1S/C17H18N8O2/c1-22-6-2-3-13(16(22)26)17(27)24-9-7-23(8-10-24)14-4-5-15(21-20-14)25-12-18-11-19-25/h2-6,11-12H,7-10H2,1H3. The van der Waals surface area contributed by atoms with E-state index in [4.69, 9.17) is 0 Å². The minimum atomic E-state index is -0.278. The molecule has 1 fully saturated rings. The van der Waals surface area contributed by atoms with E-state index in [1.54, 1.807) is 36.6 Å². The number of anilines is 1. The molecule has 0 aromatic carbocycles. The minimum absolute atomic E-state index is 0.199. The monoisotopic (exact) mass is 366 g/mol. The SMILES string of the molecule is Cn1cccc(C(=O)N2CCN(c3ccc(-n4cncn4)nn3)CC2)c1=O. The van der Waals surface area contributed by atoms with E-state index < -0.39 is 0 Å². The molecule has 0 atom stereocenters. The highest BCUT2D eigenvalue weighted by Gasteiger charge is 2.24. The summed E-state index contributed by atoms with van der Waals surface area (Å²) in [5.74, 6) is 1.09. The Hall–Kier alpha value is -3.56. The van der Waals surface area contributed by atoms with Crippen molar-refractivity contribution < 1.29 is 4.79 Å².